The third kappa shape index (κ3) is 6.84. The number of nitrogens with zero attached hydrogens (tertiary/aromatic N) is 1. The molecular formula is C27H35N2O3P. The maximum Gasteiger partial charge on any atom is 0.325 e. The quantitative estimate of drug-likeness (QED) is 0.224. The molecule has 3 aromatic rings. The van der Waals surface area contributed by atoms with Gasteiger partial charge in [0.25, 0.3) is 0 Å². The van der Waals surface area contributed by atoms with E-state index in [-0.39, 0.29) is 6.16 Å². The van der Waals surface area contributed by atoms with E-state index in [2.05, 4.69) is 48.6 Å². The average Bonchev–Trinajstić information content (AvgIpc) is 2.83. The van der Waals surface area contributed by atoms with Crippen molar-refractivity contribution in [1.29, 1.82) is 0 Å². The lowest BCUT2D eigenvalue weighted by molar-refractivity contribution is 0.369. The number of hydrogen-bond acceptors (Lipinski definition) is 3. The first-order chi connectivity index (χ1) is 16.0. The predicted octanol–water partition coefficient (Wildman–Crippen LogP) is 5.65. The topological polar surface area (TPSA) is 82.5 Å². The first-order valence-electron chi connectivity index (χ1n) is 11.8. The number of benzene rings is 2. The van der Waals surface area contributed by atoms with E-state index < -0.39 is 13.1 Å². The average molecular weight is 467 g/mol. The molecule has 6 heteroatoms. The van der Waals surface area contributed by atoms with Crippen LogP contribution >= 0.6 is 7.60 Å². The Morgan fingerprint density at radius 1 is 0.879 bits per heavy atom. The maximum atomic E-state index is 11.4. The fourth-order valence-corrected chi connectivity index (χ4v) is 4.98. The van der Waals surface area contributed by atoms with Gasteiger partial charge < -0.3 is 9.79 Å². The molecule has 0 saturated carbocycles. The summed E-state index contributed by atoms with van der Waals surface area (Å²) in [4.78, 5) is 23.5. The van der Waals surface area contributed by atoms with Crippen LogP contribution in [0.5, 0.6) is 0 Å². The lowest BCUT2D eigenvalue weighted by Crippen LogP contribution is -2.46. The van der Waals surface area contributed by atoms with Crippen molar-refractivity contribution >= 4 is 7.60 Å². The van der Waals surface area contributed by atoms with Crippen LogP contribution < -0.4 is 5.32 Å². The van der Waals surface area contributed by atoms with Crippen LogP contribution in [-0.4, -0.2) is 27.5 Å². The largest absolute Gasteiger partial charge is 0.325 e. The van der Waals surface area contributed by atoms with Gasteiger partial charge in [-0.05, 0) is 54.6 Å². The molecule has 0 radical (unpaired) electrons. The number of pyridine rings is 1. The molecular weight excluding hydrogens is 431 g/mol. The minimum atomic E-state index is -4.05. The number of aryl methyl sites for hydroxylation is 1. The molecule has 33 heavy (non-hydrogen) atoms. The third-order valence-corrected chi connectivity index (χ3v) is 6.89. The number of aromatic nitrogens is 1. The second-order valence-electron chi connectivity index (χ2n) is 8.47. The van der Waals surface area contributed by atoms with Gasteiger partial charge in [-0.15, -0.1) is 0 Å². The molecule has 0 saturated heterocycles. The molecule has 0 amide bonds. The number of nitrogens with one attached hydrogen (secondary N) is 1. The lowest BCUT2D eigenvalue weighted by atomic mass is 9.76. The number of rotatable bonds is 13. The van der Waals surface area contributed by atoms with Gasteiger partial charge >= 0.3 is 7.60 Å². The zero-order valence-electron chi connectivity index (χ0n) is 19.4. The summed E-state index contributed by atoms with van der Waals surface area (Å²) < 4.78 is 11.4. The smallest absolute Gasteiger partial charge is 0.324 e. The minimum absolute atomic E-state index is 0.147. The highest BCUT2D eigenvalue weighted by molar-refractivity contribution is 7.51. The Labute approximate surface area is 197 Å². The van der Waals surface area contributed by atoms with Crippen molar-refractivity contribution in [3.63, 3.8) is 0 Å². The molecule has 0 spiro atoms. The van der Waals surface area contributed by atoms with Crippen molar-refractivity contribution in [2.45, 2.75) is 51.0 Å². The molecule has 0 aliphatic carbocycles. The van der Waals surface area contributed by atoms with Gasteiger partial charge in [0.15, 0.2) is 0 Å². The van der Waals surface area contributed by atoms with E-state index >= 15 is 0 Å². The van der Waals surface area contributed by atoms with E-state index in [0.29, 0.717) is 13.0 Å². The highest BCUT2D eigenvalue weighted by Crippen LogP contribution is 2.39. The summed E-state index contributed by atoms with van der Waals surface area (Å²) in [5, 5.41) is 3.69. The Balaban J connectivity index is 2.09. The second kappa shape index (κ2) is 12.2. The fourth-order valence-electron chi connectivity index (χ4n) is 4.41. The van der Waals surface area contributed by atoms with Crippen molar-refractivity contribution in [3.8, 4) is 0 Å². The van der Waals surface area contributed by atoms with Crippen LogP contribution in [0, 0.1) is 0 Å². The molecule has 1 heterocycles. The Morgan fingerprint density at radius 3 is 2.30 bits per heavy atom. The van der Waals surface area contributed by atoms with Crippen LogP contribution in [0.1, 0.15) is 61.4 Å². The summed E-state index contributed by atoms with van der Waals surface area (Å²) >= 11 is 0. The molecule has 3 rings (SSSR count). The second-order valence-corrected chi connectivity index (χ2v) is 10.2. The molecule has 176 valence electrons. The summed E-state index contributed by atoms with van der Waals surface area (Å²) in [5.74, 6) is 0. The third-order valence-electron chi connectivity index (χ3n) is 5.99. The normalized spacial score (nSPS) is 13.5. The van der Waals surface area contributed by atoms with Crippen molar-refractivity contribution in [2.75, 3.05) is 12.7 Å². The standard InChI is InChI=1S/C27H35N2O3P/c1-2-3-4-6-14-23-15-9-10-18-25(23)27(24-16-7-5-8-17-24,26-19-11-12-20-28-26)29-21-13-22-33(30,31)32/h5,7-12,15-20,29H,2-4,6,13-14,21-22H2,1H3,(H2,30,31,32). The van der Waals surface area contributed by atoms with Gasteiger partial charge in [-0.25, -0.2) is 0 Å². The zero-order chi connectivity index (χ0) is 23.6. The Kier molecular flexibility index (Phi) is 9.40. The summed E-state index contributed by atoms with van der Waals surface area (Å²) in [6, 6.07) is 24.6. The van der Waals surface area contributed by atoms with Crippen LogP contribution in [0.25, 0.3) is 0 Å². The minimum Gasteiger partial charge on any atom is -0.324 e. The predicted molar refractivity (Wildman–Crippen MR) is 134 cm³/mol. The Morgan fingerprint density at radius 2 is 1.61 bits per heavy atom. The van der Waals surface area contributed by atoms with Gasteiger partial charge in [0.05, 0.1) is 11.9 Å². The van der Waals surface area contributed by atoms with Gasteiger partial charge in [-0.1, -0.05) is 86.8 Å². The SMILES string of the molecule is CCCCCCc1ccccc1C(NCCCP(=O)(O)O)(c1ccccc1)c1ccccn1. The summed E-state index contributed by atoms with van der Waals surface area (Å²) in [7, 11) is -4.05. The van der Waals surface area contributed by atoms with Gasteiger partial charge in [0.2, 0.25) is 0 Å². The van der Waals surface area contributed by atoms with Crippen molar-refractivity contribution in [1.82, 2.24) is 10.3 Å². The highest BCUT2D eigenvalue weighted by Gasteiger charge is 2.38. The molecule has 3 N–H and O–H groups in total. The van der Waals surface area contributed by atoms with Gasteiger partial charge in [0.1, 0.15) is 5.54 Å². The van der Waals surface area contributed by atoms with Gasteiger partial charge in [-0.2, -0.15) is 0 Å². The van der Waals surface area contributed by atoms with Crippen LogP contribution in [0.4, 0.5) is 0 Å². The number of unbranched alkanes of at least 4 members (excludes halogenated alkanes) is 3. The van der Waals surface area contributed by atoms with E-state index in [1.165, 1.54) is 24.8 Å². The molecule has 1 unspecified atom stereocenters. The molecule has 0 aliphatic rings. The molecule has 0 bridgehead atoms. The molecule has 2 aromatic carbocycles. The molecule has 5 nitrogen and oxygen atoms in total. The molecule has 1 atom stereocenters. The molecule has 0 fully saturated rings. The summed E-state index contributed by atoms with van der Waals surface area (Å²) in [6.45, 7) is 2.66. The summed E-state index contributed by atoms with van der Waals surface area (Å²) in [6.07, 6.45) is 7.74. The Hall–Kier alpha value is -2.30. The first-order valence-corrected chi connectivity index (χ1v) is 13.6. The maximum absolute atomic E-state index is 11.4. The van der Waals surface area contributed by atoms with Crippen molar-refractivity contribution in [2.24, 2.45) is 0 Å². The van der Waals surface area contributed by atoms with E-state index in [1.807, 2.05) is 36.4 Å². The Bertz CT molecular complexity index is 982. The lowest BCUT2D eigenvalue weighted by Gasteiger charge is -2.37. The molecule has 0 aliphatic heterocycles. The highest BCUT2D eigenvalue weighted by atomic mass is 31.2. The van der Waals surface area contributed by atoms with E-state index in [9.17, 15) is 14.4 Å². The van der Waals surface area contributed by atoms with Crippen molar-refractivity contribution < 1.29 is 14.4 Å². The van der Waals surface area contributed by atoms with Crippen LogP contribution in [0.3, 0.4) is 0 Å². The van der Waals surface area contributed by atoms with E-state index in [1.54, 1.807) is 6.20 Å². The van der Waals surface area contributed by atoms with Crippen LogP contribution in [-0.2, 0) is 16.5 Å². The zero-order valence-corrected chi connectivity index (χ0v) is 20.3. The molecule has 1 aromatic heterocycles. The van der Waals surface area contributed by atoms with Crippen LogP contribution in [0.2, 0.25) is 0 Å². The van der Waals surface area contributed by atoms with Gasteiger partial charge in [-0.3, -0.25) is 14.9 Å². The van der Waals surface area contributed by atoms with Crippen molar-refractivity contribution in [3.05, 3.63) is 101 Å². The summed E-state index contributed by atoms with van der Waals surface area (Å²) in [5.41, 5.74) is 3.61. The van der Waals surface area contributed by atoms with Crippen LogP contribution in [0.15, 0.2) is 79.0 Å². The number of hydrogen-bond donors (Lipinski definition) is 3. The fraction of sp³-hybridized carbons (Fsp3) is 0.370. The van der Waals surface area contributed by atoms with E-state index in [0.717, 1.165) is 29.7 Å². The van der Waals surface area contributed by atoms with Gasteiger partial charge in [0, 0.05) is 6.20 Å². The van der Waals surface area contributed by atoms with E-state index in [4.69, 9.17) is 4.98 Å². The monoisotopic (exact) mass is 466 g/mol. The first kappa shape index (κ1) is 25.3.